The van der Waals surface area contributed by atoms with Gasteiger partial charge in [-0.25, -0.2) is 8.42 Å². The SMILES string of the molecule is C[C@H](CCc1ccccc1)NC(=O)Cn1ccc2cc(S(=O)(=O)N3CCCCC3)ccc21. The Labute approximate surface area is 190 Å². The Morgan fingerprint density at radius 1 is 1.03 bits per heavy atom. The van der Waals surface area contributed by atoms with Crippen LogP contribution in [0.3, 0.4) is 0 Å². The fourth-order valence-corrected chi connectivity index (χ4v) is 5.86. The Morgan fingerprint density at radius 2 is 1.78 bits per heavy atom. The molecule has 0 unspecified atom stereocenters. The Hall–Kier alpha value is -2.64. The first-order chi connectivity index (χ1) is 15.4. The first-order valence-corrected chi connectivity index (χ1v) is 12.8. The van der Waals surface area contributed by atoms with E-state index in [1.807, 2.05) is 42.0 Å². The predicted molar refractivity (Wildman–Crippen MR) is 127 cm³/mol. The number of nitrogens with zero attached hydrogens (tertiary/aromatic N) is 2. The lowest BCUT2D eigenvalue weighted by molar-refractivity contribution is -0.122. The summed E-state index contributed by atoms with van der Waals surface area (Å²) in [6.07, 6.45) is 6.55. The molecular weight excluding hydrogens is 422 g/mol. The van der Waals surface area contributed by atoms with Crippen molar-refractivity contribution in [2.24, 2.45) is 0 Å². The number of carbonyl (C=O) groups excluding carboxylic acids is 1. The molecule has 7 heteroatoms. The lowest BCUT2D eigenvalue weighted by Gasteiger charge is -2.25. The van der Waals surface area contributed by atoms with Crippen LogP contribution in [0.25, 0.3) is 10.9 Å². The largest absolute Gasteiger partial charge is 0.352 e. The normalized spacial score (nSPS) is 16.2. The quantitative estimate of drug-likeness (QED) is 0.561. The van der Waals surface area contributed by atoms with Crippen LogP contribution in [0.1, 0.15) is 38.2 Å². The molecule has 0 saturated carbocycles. The Bertz CT molecular complexity index is 1170. The Morgan fingerprint density at radius 3 is 2.53 bits per heavy atom. The van der Waals surface area contributed by atoms with Crippen LogP contribution in [0.2, 0.25) is 0 Å². The molecule has 0 aliphatic carbocycles. The van der Waals surface area contributed by atoms with Crippen molar-refractivity contribution in [3.63, 3.8) is 0 Å². The molecule has 6 nitrogen and oxygen atoms in total. The highest BCUT2D eigenvalue weighted by atomic mass is 32.2. The van der Waals surface area contributed by atoms with Gasteiger partial charge in [-0.05, 0) is 62.4 Å². The van der Waals surface area contributed by atoms with Crippen LogP contribution < -0.4 is 5.32 Å². The predicted octanol–water partition coefficient (Wildman–Crippen LogP) is 3.95. The van der Waals surface area contributed by atoms with E-state index >= 15 is 0 Å². The highest BCUT2D eigenvalue weighted by molar-refractivity contribution is 7.89. The Balaban J connectivity index is 1.39. The summed E-state index contributed by atoms with van der Waals surface area (Å²) in [6.45, 7) is 3.40. The van der Waals surface area contributed by atoms with Crippen LogP contribution in [0, 0.1) is 0 Å². The van der Waals surface area contributed by atoms with Gasteiger partial charge in [0.05, 0.1) is 4.90 Å². The highest BCUT2D eigenvalue weighted by Crippen LogP contribution is 2.25. The minimum atomic E-state index is -3.47. The molecule has 0 bridgehead atoms. The van der Waals surface area contributed by atoms with E-state index in [0.29, 0.717) is 18.0 Å². The molecular formula is C25H31N3O3S. The minimum absolute atomic E-state index is 0.0481. The van der Waals surface area contributed by atoms with Crippen molar-refractivity contribution in [1.82, 2.24) is 14.2 Å². The fourth-order valence-electron chi connectivity index (χ4n) is 4.31. The van der Waals surface area contributed by atoms with Crippen LogP contribution >= 0.6 is 0 Å². The maximum absolute atomic E-state index is 13.0. The van der Waals surface area contributed by atoms with E-state index in [2.05, 4.69) is 17.4 Å². The number of hydrogen-bond donors (Lipinski definition) is 1. The molecule has 2 aromatic carbocycles. The monoisotopic (exact) mass is 453 g/mol. The van der Waals surface area contributed by atoms with E-state index in [1.165, 1.54) is 5.56 Å². The van der Waals surface area contributed by atoms with E-state index in [4.69, 9.17) is 0 Å². The molecule has 1 aromatic heterocycles. The van der Waals surface area contributed by atoms with Gasteiger partial charge in [0, 0.05) is 36.2 Å². The summed E-state index contributed by atoms with van der Waals surface area (Å²) in [5, 5.41) is 3.90. The third-order valence-electron chi connectivity index (χ3n) is 6.13. The van der Waals surface area contributed by atoms with Gasteiger partial charge in [0.1, 0.15) is 6.54 Å². The van der Waals surface area contributed by atoms with Crippen LogP contribution in [-0.2, 0) is 27.8 Å². The zero-order valence-electron chi connectivity index (χ0n) is 18.5. The molecule has 0 radical (unpaired) electrons. The Kier molecular flexibility index (Phi) is 6.96. The van der Waals surface area contributed by atoms with Crippen LogP contribution in [0.5, 0.6) is 0 Å². The van der Waals surface area contributed by atoms with Gasteiger partial charge >= 0.3 is 0 Å². The van der Waals surface area contributed by atoms with Crippen LogP contribution in [0.15, 0.2) is 65.7 Å². The molecule has 1 aliphatic rings. The summed E-state index contributed by atoms with van der Waals surface area (Å²) in [4.78, 5) is 12.9. The lowest BCUT2D eigenvalue weighted by Crippen LogP contribution is -2.35. The molecule has 2 heterocycles. The number of amides is 1. The number of rotatable bonds is 8. The second kappa shape index (κ2) is 9.88. The molecule has 1 amide bonds. The third-order valence-corrected chi connectivity index (χ3v) is 8.02. The van der Waals surface area contributed by atoms with E-state index in [1.54, 1.807) is 22.5 Å². The van der Waals surface area contributed by atoms with Gasteiger partial charge in [-0.3, -0.25) is 4.79 Å². The standard InChI is InChI=1S/C25H31N3O3S/c1-20(10-11-21-8-4-2-5-9-21)26-25(29)19-27-17-14-22-18-23(12-13-24(22)27)32(30,31)28-15-6-3-7-16-28/h2,4-5,8-9,12-14,17-18,20H,3,6-7,10-11,15-16,19H2,1H3,(H,26,29)/t20-/m1/s1. The second-order valence-corrected chi connectivity index (χ2v) is 10.6. The summed E-state index contributed by atoms with van der Waals surface area (Å²) in [7, 11) is -3.47. The molecule has 0 spiro atoms. The number of carbonyl (C=O) groups is 1. The first-order valence-electron chi connectivity index (χ1n) is 11.4. The summed E-state index contributed by atoms with van der Waals surface area (Å²) in [6, 6.07) is 17.4. The van der Waals surface area contributed by atoms with E-state index in [9.17, 15) is 13.2 Å². The smallest absolute Gasteiger partial charge is 0.243 e. The fraction of sp³-hybridized carbons (Fsp3) is 0.400. The topological polar surface area (TPSA) is 71.4 Å². The highest BCUT2D eigenvalue weighted by Gasteiger charge is 2.26. The number of hydrogen-bond acceptors (Lipinski definition) is 3. The number of fused-ring (bicyclic) bond motifs is 1. The van der Waals surface area contributed by atoms with Crippen LogP contribution in [-0.4, -0.2) is 42.3 Å². The third kappa shape index (κ3) is 5.22. The average molecular weight is 454 g/mol. The van der Waals surface area contributed by atoms with Gasteiger partial charge in [-0.2, -0.15) is 4.31 Å². The number of sulfonamides is 1. The molecule has 32 heavy (non-hydrogen) atoms. The van der Waals surface area contributed by atoms with Gasteiger partial charge in [-0.15, -0.1) is 0 Å². The number of nitrogens with one attached hydrogen (secondary N) is 1. The summed E-state index contributed by atoms with van der Waals surface area (Å²) >= 11 is 0. The zero-order chi connectivity index (χ0) is 22.6. The second-order valence-electron chi connectivity index (χ2n) is 8.62. The molecule has 1 saturated heterocycles. The van der Waals surface area contributed by atoms with Gasteiger partial charge in [-0.1, -0.05) is 36.8 Å². The molecule has 170 valence electrons. The maximum atomic E-state index is 13.0. The number of aryl methyl sites for hydroxylation is 1. The van der Waals surface area contributed by atoms with E-state index in [0.717, 1.165) is 43.0 Å². The molecule has 1 fully saturated rings. The first kappa shape index (κ1) is 22.6. The van der Waals surface area contributed by atoms with Crippen LogP contribution in [0.4, 0.5) is 0 Å². The van der Waals surface area contributed by atoms with Crippen molar-refractivity contribution >= 4 is 26.8 Å². The number of aromatic nitrogens is 1. The van der Waals surface area contributed by atoms with Crippen molar-refractivity contribution < 1.29 is 13.2 Å². The van der Waals surface area contributed by atoms with Crippen molar-refractivity contribution in [3.05, 3.63) is 66.4 Å². The summed E-state index contributed by atoms with van der Waals surface area (Å²) < 4.78 is 29.4. The number of piperidine rings is 1. The van der Waals surface area contributed by atoms with Gasteiger partial charge in [0.15, 0.2) is 0 Å². The van der Waals surface area contributed by atoms with Crippen molar-refractivity contribution in [2.45, 2.75) is 56.5 Å². The van der Waals surface area contributed by atoms with E-state index in [-0.39, 0.29) is 18.5 Å². The minimum Gasteiger partial charge on any atom is -0.352 e. The molecule has 3 aromatic rings. The van der Waals surface area contributed by atoms with Crippen molar-refractivity contribution in [3.8, 4) is 0 Å². The maximum Gasteiger partial charge on any atom is 0.243 e. The zero-order valence-corrected chi connectivity index (χ0v) is 19.4. The molecule has 4 rings (SSSR count). The average Bonchev–Trinajstić information content (AvgIpc) is 3.21. The summed E-state index contributed by atoms with van der Waals surface area (Å²) in [5.41, 5.74) is 2.12. The van der Waals surface area contributed by atoms with Crippen molar-refractivity contribution in [2.75, 3.05) is 13.1 Å². The number of benzene rings is 2. The van der Waals surface area contributed by atoms with E-state index < -0.39 is 10.0 Å². The van der Waals surface area contributed by atoms with Crippen molar-refractivity contribution in [1.29, 1.82) is 0 Å². The van der Waals surface area contributed by atoms with Gasteiger partial charge in [0.25, 0.3) is 0 Å². The summed E-state index contributed by atoms with van der Waals surface area (Å²) in [5.74, 6) is -0.0481. The molecule has 1 atom stereocenters. The van der Waals surface area contributed by atoms with Gasteiger partial charge < -0.3 is 9.88 Å². The molecule has 1 aliphatic heterocycles. The van der Waals surface area contributed by atoms with Gasteiger partial charge in [0.2, 0.25) is 15.9 Å². The molecule has 1 N–H and O–H groups in total. The lowest BCUT2D eigenvalue weighted by atomic mass is 10.1.